The summed E-state index contributed by atoms with van der Waals surface area (Å²) in [5.41, 5.74) is 0. The van der Waals surface area contributed by atoms with Gasteiger partial charge in [-0.05, 0) is 30.0 Å². The second kappa shape index (κ2) is 5.60. The maximum absolute atomic E-state index is 11.7. The summed E-state index contributed by atoms with van der Waals surface area (Å²) in [6.45, 7) is 1.46. The van der Waals surface area contributed by atoms with E-state index < -0.39 is 0 Å². The van der Waals surface area contributed by atoms with Gasteiger partial charge in [0.1, 0.15) is 11.6 Å². The van der Waals surface area contributed by atoms with Crippen LogP contribution in [0, 0.1) is 5.92 Å². The summed E-state index contributed by atoms with van der Waals surface area (Å²) in [4.78, 5) is 18.3. The number of fused-ring (bicyclic) bond motifs is 1. The lowest BCUT2D eigenvalue weighted by atomic mass is 10.1. The second-order valence-electron chi connectivity index (χ2n) is 5.18. The van der Waals surface area contributed by atoms with Crippen molar-refractivity contribution in [2.45, 2.75) is 6.42 Å². The molecule has 1 unspecified atom stereocenters. The minimum Gasteiger partial charge on any atom is -0.497 e. The summed E-state index contributed by atoms with van der Waals surface area (Å²) in [5.74, 6) is 1.49. The van der Waals surface area contributed by atoms with Gasteiger partial charge in [-0.15, -0.1) is 0 Å². The van der Waals surface area contributed by atoms with Gasteiger partial charge < -0.3 is 14.4 Å². The van der Waals surface area contributed by atoms with Gasteiger partial charge in [-0.25, -0.2) is 4.98 Å². The van der Waals surface area contributed by atoms with E-state index in [4.69, 9.17) is 9.47 Å². The molecule has 2 heterocycles. The average molecular weight is 286 g/mol. The Hall–Kier alpha value is -2.30. The van der Waals surface area contributed by atoms with Crippen molar-refractivity contribution in [1.82, 2.24) is 4.98 Å². The molecule has 21 heavy (non-hydrogen) atoms. The number of carbonyl (C=O) groups is 1. The highest BCUT2D eigenvalue weighted by atomic mass is 16.5. The van der Waals surface area contributed by atoms with Crippen LogP contribution in [0.1, 0.15) is 6.42 Å². The number of pyridine rings is 1. The van der Waals surface area contributed by atoms with Crippen LogP contribution in [0.2, 0.25) is 0 Å². The van der Waals surface area contributed by atoms with Gasteiger partial charge in [0.25, 0.3) is 0 Å². The zero-order valence-corrected chi connectivity index (χ0v) is 12.2. The van der Waals surface area contributed by atoms with Gasteiger partial charge in [-0.3, -0.25) is 4.79 Å². The van der Waals surface area contributed by atoms with Gasteiger partial charge in [0, 0.05) is 24.7 Å². The van der Waals surface area contributed by atoms with Crippen LogP contribution in [-0.4, -0.2) is 38.3 Å². The normalized spacial score (nSPS) is 18.0. The van der Waals surface area contributed by atoms with Gasteiger partial charge in [-0.1, -0.05) is 6.07 Å². The molecule has 2 aromatic rings. The molecule has 0 radical (unpaired) electrons. The average Bonchev–Trinajstić information content (AvgIpc) is 3.02. The molecule has 1 saturated heterocycles. The quantitative estimate of drug-likeness (QED) is 0.810. The number of hydrogen-bond donors (Lipinski definition) is 0. The minimum atomic E-state index is -0.143. The fourth-order valence-corrected chi connectivity index (χ4v) is 2.82. The Labute approximate surface area is 123 Å². The third-order valence-electron chi connectivity index (χ3n) is 3.97. The van der Waals surface area contributed by atoms with E-state index in [9.17, 15) is 4.79 Å². The number of ether oxygens (including phenoxy) is 2. The zero-order chi connectivity index (χ0) is 14.8. The number of esters is 1. The smallest absolute Gasteiger partial charge is 0.310 e. The fraction of sp³-hybridized carbons (Fsp3) is 0.375. The predicted molar refractivity (Wildman–Crippen MR) is 80.6 cm³/mol. The van der Waals surface area contributed by atoms with E-state index in [1.165, 1.54) is 7.11 Å². The van der Waals surface area contributed by atoms with E-state index in [1.54, 1.807) is 13.3 Å². The Balaban J connectivity index is 1.95. The zero-order valence-electron chi connectivity index (χ0n) is 12.2. The van der Waals surface area contributed by atoms with E-state index in [0.29, 0.717) is 6.54 Å². The minimum absolute atomic E-state index is 0.0716. The van der Waals surface area contributed by atoms with Crippen LogP contribution in [0.5, 0.6) is 5.75 Å². The number of nitrogens with zero attached hydrogens (tertiary/aromatic N) is 2. The van der Waals surface area contributed by atoms with Crippen LogP contribution >= 0.6 is 0 Å². The Morgan fingerprint density at radius 2 is 2.19 bits per heavy atom. The molecule has 1 aliphatic rings. The standard InChI is InChI=1S/C16H18N2O3/c1-20-13-4-3-11-5-7-17-15(14(11)9-13)18-8-6-12(10-18)16(19)21-2/h3-5,7,9,12H,6,8,10H2,1-2H3. The highest BCUT2D eigenvalue weighted by molar-refractivity contribution is 5.93. The molecule has 0 saturated carbocycles. The van der Waals surface area contributed by atoms with E-state index in [2.05, 4.69) is 9.88 Å². The second-order valence-corrected chi connectivity index (χ2v) is 5.18. The molecular formula is C16H18N2O3. The van der Waals surface area contributed by atoms with Crippen LogP contribution in [-0.2, 0) is 9.53 Å². The highest BCUT2D eigenvalue weighted by Gasteiger charge is 2.30. The lowest BCUT2D eigenvalue weighted by Gasteiger charge is -2.19. The number of anilines is 1. The fourth-order valence-electron chi connectivity index (χ4n) is 2.82. The first-order chi connectivity index (χ1) is 10.2. The Morgan fingerprint density at radius 3 is 2.95 bits per heavy atom. The summed E-state index contributed by atoms with van der Waals surface area (Å²) >= 11 is 0. The number of rotatable bonds is 3. The topological polar surface area (TPSA) is 51.7 Å². The van der Waals surface area contributed by atoms with Crippen molar-refractivity contribution in [3.8, 4) is 5.75 Å². The summed E-state index contributed by atoms with van der Waals surface area (Å²) in [6.07, 6.45) is 2.60. The Kier molecular flexibility index (Phi) is 3.64. The summed E-state index contributed by atoms with van der Waals surface area (Å²) in [5, 5.41) is 2.16. The predicted octanol–water partition coefficient (Wildman–Crippen LogP) is 2.24. The summed E-state index contributed by atoms with van der Waals surface area (Å²) in [6, 6.07) is 7.93. The third-order valence-corrected chi connectivity index (χ3v) is 3.97. The number of benzene rings is 1. The first-order valence-electron chi connectivity index (χ1n) is 6.98. The lowest BCUT2D eigenvalue weighted by molar-refractivity contribution is -0.144. The maximum atomic E-state index is 11.7. The molecule has 110 valence electrons. The van der Waals surface area contributed by atoms with Crippen LogP contribution in [0.4, 0.5) is 5.82 Å². The van der Waals surface area contributed by atoms with E-state index in [0.717, 1.165) is 35.3 Å². The van der Waals surface area contributed by atoms with Gasteiger partial charge in [0.15, 0.2) is 0 Å². The molecule has 0 amide bonds. The Bertz CT molecular complexity index is 672. The molecule has 1 atom stereocenters. The molecule has 1 aromatic heterocycles. The maximum Gasteiger partial charge on any atom is 0.310 e. The first kappa shape index (κ1) is 13.7. The lowest BCUT2D eigenvalue weighted by Crippen LogP contribution is -2.24. The van der Waals surface area contributed by atoms with E-state index in [1.807, 2.05) is 24.3 Å². The highest BCUT2D eigenvalue weighted by Crippen LogP contribution is 2.31. The largest absolute Gasteiger partial charge is 0.497 e. The van der Waals surface area contributed by atoms with Crippen LogP contribution < -0.4 is 9.64 Å². The van der Waals surface area contributed by atoms with Gasteiger partial charge in [-0.2, -0.15) is 0 Å². The van der Waals surface area contributed by atoms with E-state index >= 15 is 0 Å². The van der Waals surface area contributed by atoms with Crippen molar-refractivity contribution in [2.75, 3.05) is 32.2 Å². The molecule has 0 N–H and O–H groups in total. The van der Waals surface area contributed by atoms with E-state index in [-0.39, 0.29) is 11.9 Å². The Morgan fingerprint density at radius 1 is 1.33 bits per heavy atom. The molecule has 0 bridgehead atoms. The summed E-state index contributed by atoms with van der Waals surface area (Å²) in [7, 11) is 3.09. The molecule has 5 heteroatoms. The molecule has 1 fully saturated rings. The van der Waals surface area contributed by atoms with Crippen LogP contribution in [0.25, 0.3) is 10.8 Å². The molecular weight excluding hydrogens is 268 g/mol. The molecule has 5 nitrogen and oxygen atoms in total. The first-order valence-corrected chi connectivity index (χ1v) is 6.98. The summed E-state index contributed by atoms with van der Waals surface area (Å²) < 4.78 is 10.1. The molecule has 0 spiro atoms. The monoisotopic (exact) mass is 286 g/mol. The molecule has 1 aromatic carbocycles. The molecule has 3 rings (SSSR count). The molecule has 0 aliphatic carbocycles. The SMILES string of the molecule is COC(=O)C1CCN(c2nccc3ccc(OC)cc23)C1. The van der Waals surface area contributed by atoms with Crippen molar-refractivity contribution in [2.24, 2.45) is 5.92 Å². The van der Waals surface area contributed by atoms with Crippen LogP contribution in [0.3, 0.4) is 0 Å². The van der Waals surface area contributed by atoms with Crippen molar-refractivity contribution >= 4 is 22.6 Å². The number of carbonyl (C=O) groups excluding carboxylic acids is 1. The van der Waals surface area contributed by atoms with Crippen molar-refractivity contribution < 1.29 is 14.3 Å². The van der Waals surface area contributed by atoms with Gasteiger partial charge in [0.2, 0.25) is 0 Å². The van der Waals surface area contributed by atoms with Crippen molar-refractivity contribution in [1.29, 1.82) is 0 Å². The van der Waals surface area contributed by atoms with Crippen LogP contribution in [0.15, 0.2) is 30.5 Å². The number of aromatic nitrogens is 1. The number of hydrogen-bond acceptors (Lipinski definition) is 5. The molecule has 1 aliphatic heterocycles. The van der Waals surface area contributed by atoms with Gasteiger partial charge >= 0.3 is 5.97 Å². The number of methoxy groups -OCH3 is 2. The van der Waals surface area contributed by atoms with Crippen molar-refractivity contribution in [3.05, 3.63) is 30.5 Å². The van der Waals surface area contributed by atoms with Gasteiger partial charge in [0.05, 0.1) is 20.1 Å². The van der Waals surface area contributed by atoms with Crippen molar-refractivity contribution in [3.63, 3.8) is 0 Å². The third kappa shape index (κ3) is 2.51.